The number of halogens is 3. The summed E-state index contributed by atoms with van der Waals surface area (Å²) in [5.41, 5.74) is -0.861. The number of phenols is 1. The van der Waals surface area contributed by atoms with Gasteiger partial charge in [-0.15, -0.1) is 0 Å². The van der Waals surface area contributed by atoms with Gasteiger partial charge in [0.15, 0.2) is 5.82 Å². The van der Waals surface area contributed by atoms with Crippen LogP contribution in [0.25, 0.3) is 22.2 Å². The van der Waals surface area contributed by atoms with E-state index in [2.05, 4.69) is 24.8 Å². The van der Waals surface area contributed by atoms with Gasteiger partial charge in [-0.2, -0.15) is 9.97 Å². The number of anilines is 1. The summed E-state index contributed by atoms with van der Waals surface area (Å²) in [5.74, 6) is 0.576. The summed E-state index contributed by atoms with van der Waals surface area (Å²) in [5, 5.41) is 22.8. The van der Waals surface area contributed by atoms with Gasteiger partial charge in [0.1, 0.15) is 46.9 Å². The number of aromatic hydroxyl groups is 1. The fourth-order valence-corrected chi connectivity index (χ4v) is 9.46. The predicted octanol–water partition coefficient (Wildman–Crippen LogP) is 5.50. The van der Waals surface area contributed by atoms with Crippen molar-refractivity contribution in [3.8, 4) is 23.0 Å². The highest BCUT2D eigenvalue weighted by molar-refractivity contribution is 6.32. The van der Waals surface area contributed by atoms with Crippen molar-refractivity contribution < 1.29 is 28.1 Å². The van der Waals surface area contributed by atoms with E-state index in [1.54, 1.807) is 12.4 Å². The average molecular weight is 665 g/mol. The molecule has 1 aromatic carbocycles. The topological polar surface area (TPSA) is 121 Å². The molecule has 10 nitrogen and oxygen atoms in total. The molecule has 7 aliphatic rings. The largest absolute Gasteiger partial charge is 0.508 e. The van der Waals surface area contributed by atoms with E-state index in [0.29, 0.717) is 85.7 Å². The molecule has 3 saturated heterocycles. The Balaban J connectivity index is 1.19. The highest BCUT2D eigenvalue weighted by atomic mass is 35.5. The van der Waals surface area contributed by atoms with Gasteiger partial charge in [-0.3, -0.25) is 9.88 Å². The van der Waals surface area contributed by atoms with Crippen molar-refractivity contribution in [2.45, 2.75) is 75.1 Å². The van der Waals surface area contributed by atoms with Crippen LogP contribution in [0.1, 0.15) is 62.2 Å². The van der Waals surface area contributed by atoms with Crippen molar-refractivity contribution in [1.29, 1.82) is 0 Å². The van der Waals surface area contributed by atoms with E-state index in [1.807, 2.05) is 0 Å². The quantitative estimate of drug-likeness (QED) is 0.291. The van der Waals surface area contributed by atoms with E-state index in [4.69, 9.17) is 25.7 Å². The lowest BCUT2D eigenvalue weighted by Crippen LogP contribution is -2.57. The molecule has 3 aromatic heterocycles. The fraction of sp³-hybridized carbons (Fsp3) is 0.529. The van der Waals surface area contributed by atoms with E-state index >= 15 is 4.39 Å². The Morgan fingerprint density at radius 1 is 1.09 bits per heavy atom. The first-order valence-electron chi connectivity index (χ1n) is 16.5. The molecule has 9 bridgehead atoms. The molecule has 47 heavy (non-hydrogen) atoms. The Labute approximate surface area is 274 Å². The monoisotopic (exact) mass is 664 g/mol. The molecule has 2 N–H and O–H groups in total. The van der Waals surface area contributed by atoms with Gasteiger partial charge in [-0.25, -0.2) is 13.8 Å². The Morgan fingerprint density at radius 3 is 2.81 bits per heavy atom. The van der Waals surface area contributed by atoms with Gasteiger partial charge in [0, 0.05) is 49.3 Å². The van der Waals surface area contributed by atoms with Crippen LogP contribution in [0.5, 0.6) is 11.8 Å². The van der Waals surface area contributed by atoms with Crippen LogP contribution in [0.2, 0.25) is 5.02 Å². The van der Waals surface area contributed by atoms with Crippen LogP contribution in [-0.2, 0) is 18.4 Å². The molecule has 246 valence electrons. The number of alkyl halides is 1. The normalized spacial score (nSPS) is 30.0. The van der Waals surface area contributed by atoms with Gasteiger partial charge in [-0.1, -0.05) is 11.6 Å². The number of phenolic OH excluding ortho intramolecular Hbond substituents is 1. The number of pyridine rings is 1. The van der Waals surface area contributed by atoms with Crippen LogP contribution in [0, 0.1) is 11.2 Å². The number of aryl methyl sites for hydroxylation is 1. The third-order valence-electron chi connectivity index (χ3n) is 11.2. The van der Waals surface area contributed by atoms with Crippen LogP contribution in [0.15, 0.2) is 28.9 Å². The molecule has 1 aliphatic carbocycles. The van der Waals surface area contributed by atoms with E-state index in [-0.39, 0.29) is 40.0 Å². The van der Waals surface area contributed by atoms with Crippen molar-refractivity contribution in [3.63, 3.8) is 0 Å². The van der Waals surface area contributed by atoms with Crippen LogP contribution in [0.4, 0.5) is 14.6 Å². The van der Waals surface area contributed by atoms with Gasteiger partial charge >= 0.3 is 6.01 Å². The van der Waals surface area contributed by atoms with Gasteiger partial charge in [-0.05, 0) is 74.6 Å². The summed E-state index contributed by atoms with van der Waals surface area (Å²) < 4.78 is 43.7. The first-order chi connectivity index (χ1) is 22.6. The van der Waals surface area contributed by atoms with Crippen molar-refractivity contribution in [3.05, 3.63) is 52.6 Å². The third kappa shape index (κ3) is 4.69. The van der Waals surface area contributed by atoms with Crippen LogP contribution >= 0.6 is 11.6 Å². The summed E-state index contributed by atoms with van der Waals surface area (Å²) >= 11 is 6.65. The Hall–Kier alpha value is -3.61. The van der Waals surface area contributed by atoms with E-state index in [9.17, 15) is 14.6 Å². The summed E-state index contributed by atoms with van der Waals surface area (Å²) in [6, 6.07) is 2.89. The van der Waals surface area contributed by atoms with E-state index < -0.39 is 23.1 Å². The van der Waals surface area contributed by atoms with Gasteiger partial charge < -0.3 is 24.3 Å². The molecule has 9 heterocycles. The Bertz CT molecular complexity index is 1920. The van der Waals surface area contributed by atoms with Crippen LogP contribution in [-0.4, -0.2) is 79.5 Å². The van der Waals surface area contributed by atoms with Crippen LogP contribution in [0.3, 0.4) is 0 Å². The van der Waals surface area contributed by atoms with Crippen molar-refractivity contribution in [2.24, 2.45) is 5.41 Å². The number of aromatic nitrogens is 4. The summed E-state index contributed by atoms with van der Waals surface area (Å²) in [6.07, 6.45) is 7.93. The fourth-order valence-electron chi connectivity index (χ4n) is 9.15. The number of hydrogen-bond donors (Lipinski definition) is 2. The summed E-state index contributed by atoms with van der Waals surface area (Å²) in [6.45, 7) is 2.68. The minimum atomic E-state index is -1.18. The Kier molecular flexibility index (Phi) is 6.56. The molecule has 2 atom stereocenters. The lowest BCUT2D eigenvalue weighted by atomic mass is 9.56. The lowest BCUT2D eigenvalue weighted by molar-refractivity contribution is -0.154. The molecule has 0 radical (unpaired) electrons. The summed E-state index contributed by atoms with van der Waals surface area (Å²) in [7, 11) is 0. The lowest BCUT2D eigenvalue weighted by Gasteiger charge is -2.56. The zero-order valence-electron chi connectivity index (χ0n) is 25.8. The van der Waals surface area contributed by atoms with Gasteiger partial charge in [0.2, 0.25) is 5.89 Å². The van der Waals surface area contributed by atoms with Crippen molar-refractivity contribution >= 4 is 28.3 Å². The highest BCUT2D eigenvalue weighted by Gasteiger charge is 2.58. The number of oxazole rings is 1. The zero-order chi connectivity index (χ0) is 32.1. The standard InChI is InChI=1S/C34H35ClF2N6O4/c35-25-10-20(44)9-23-22(25)4-3-21-12-39-30(47-21)34(45)15-32(16-34)5-1-7-42(17-32)29-24-13-38-27(23)26(37)28(24)40-31(41-29)46-18-33-6-2-8-43(33)14-19(36)11-33/h9-10,12-13,19,44-45H,1-8,11,14-18H2/t19-,32?,33?,34?/m1/s1. The predicted molar refractivity (Wildman–Crippen MR) is 169 cm³/mol. The second-order valence-corrected chi connectivity index (χ2v) is 14.8. The van der Waals surface area contributed by atoms with Gasteiger partial charge in [0.25, 0.3) is 0 Å². The molecule has 13 heteroatoms. The first-order valence-corrected chi connectivity index (χ1v) is 16.8. The number of fused-ring (bicyclic) bond motifs is 1. The molecule has 4 aromatic rings. The first kappa shape index (κ1) is 29.5. The minimum absolute atomic E-state index is 0.00761. The number of rotatable bonds is 3. The molecule has 1 spiro atoms. The molecule has 6 aliphatic heterocycles. The molecule has 1 saturated carbocycles. The Morgan fingerprint density at radius 2 is 1.94 bits per heavy atom. The van der Waals surface area contributed by atoms with Crippen molar-refractivity contribution in [1.82, 2.24) is 24.8 Å². The second kappa shape index (κ2) is 10.4. The number of aliphatic hydroxyl groups is 1. The maximum absolute atomic E-state index is 16.9. The van der Waals surface area contributed by atoms with Crippen molar-refractivity contribution in [2.75, 3.05) is 37.7 Å². The molecule has 0 amide bonds. The smallest absolute Gasteiger partial charge is 0.319 e. The highest BCUT2D eigenvalue weighted by Crippen LogP contribution is 2.58. The molecular weight excluding hydrogens is 630 g/mol. The second-order valence-electron chi connectivity index (χ2n) is 14.4. The minimum Gasteiger partial charge on any atom is -0.508 e. The number of benzene rings is 1. The maximum Gasteiger partial charge on any atom is 0.319 e. The number of ether oxygens (including phenoxy) is 1. The maximum atomic E-state index is 16.9. The number of nitrogens with zero attached hydrogens (tertiary/aromatic N) is 6. The molecule has 4 fully saturated rings. The molecule has 11 rings (SSSR count). The molecule has 1 unspecified atom stereocenters. The third-order valence-corrected chi connectivity index (χ3v) is 11.5. The van der Waals surface area contributed by atoms with Crippen LogP contribution < -0.4 is 9.64 Å². The summed E-state index contributed by atoms with van der Waals surface area (Å²) in [4.78, 5) is 22.8. The SMILES string of the molecule is Oc1cc(Cl)c2c(c1)-c1ncc3c(nc(OCC45CCCN4C[C@H](F)C5)nc3c1F)N1CCCC3(C1)CC(O)(C3)c1ncc(o1)CC2. The van der Waals surface area contributed by atoms with E-state index in [0.717, 1.165) is 32.2 Å². The number of piperidine rings is 1. The van der Waals surface area contributed by atoms with Gasteiger partial charge in [0.05, 0.1) is 17.1 Å². The zero-order valence-corrected chi connectivity index (χ0v) is 26.6. The van der Waals surface area contributed by atoms with E-state index in [1.165, 1.54) is 12.1 Å². The average Bonchev–Trinajstić information content (AvgIpc) is 3.73. The number of hydrogen-bond acceptors (Lipinski definition) is 10. The molecular formula is C34H35ClF2N6O4.